The number of anilines is 1. The van der Waals surface area contributed by atoms with Gasteiger partial charge in [0.2, 0.25) is 0 Å². The summed E-state index contributed by atoms with van der Waals surface area (Å²) in [6, 6.07) is 3.69. The number of thiophene rings is 1. The van der Waals surface area contributed by atoms with E-state index in [1.807, 2.05) is 0 Å². The largest absolute Gasteiger partial charge is 0.391 e. The van der Waals surface area contributed by atoms with Crippen molar-refractivity contribution in [2.75, 3.05) is 5.73 Å². The summed E-state index contributed by atoms with van der Waals surface area (Å²) < 4.78 is 13.8. The summed E-state index contributed by atoms with van der Waals surface area (Å²) in [7, 11) is 0. The molecular weight excluding hydrogens is 207 g/mol. The molecule has 0 amide bonds. The molecule has 0 unspecified atom stereocenters. The van der Waals surface area contributed by atoms with Crippen molar-refractivity contribution >= 4 is 32.1 Å². The van der Waals surface area contributed by atoms with Crippen LogP contribution in [0.2, 0.25) is 0 Å². The highest BCUT2D eigenvalue weighted by Gasteiger charge is 2.13. The Hall–Kier alpha value is -1.69. The Morgan fingerprint density at radius 1 is 1.43 bits per heavy atom. The van der Waals surface area contributed by atoms with Crippen molar-refractivity contribution in [1.82, 2.24) is 0 Å². The van der Waals surface area contributed by atoms with Crippen LogP contribution in [0.25, 0.3) is 10.1 Å². The van der Waals surface area contributed by atoms with E-state index in [-0.39, 0.29) is 5.69 Å². The normalized spacial score (nSPS) is 10.6. The molecule has 1 aromatic heterocycles. The first-order chi connectivity index (χ1) is 6.58. The second-order valence-electron chi connectivity index (χ2n) is 2.75. The molecule has 0 aliphatic carbocycles. The van der Waals surface area contributed by atoms with E-state index in [1.54, 1.807) is 0 Å². The van der Waals surface area contributed by atoms with E-state index < -0.39 is 10.7 Å². The van der Waals surface area contributed by atoms with Gasteiger partial charge in [0.25, 0.3) is 5.69 Å². The number of hydrogen-bond acceptors (Lipinski definition) is 4. The first-order valence-corrected chi connectivity index (χ1v) is 4.52. The monoisotopic (exact) mass is 212 g/mol. The summed E-state index contributed by atoms with van der Waals surface area (Å²) in [5.41, 5.74) is 5.21. The summed E-state index contributed by atoms with van der Waals surface area (Å²) >= 11 is 1.13. The molecule has 0 radical (unpaired) electrons. The predicted molar refractivity (Wildman–Crippen MR) is 52.8 cm³/mol. The highest BCUT2D eigenvalue weighted by molar-refractivity contribution is 7.22. The number of nitrogens with zero attached hydrogens (tertiary/aromatic N) is 1. The van der Waals surface area contributed by atoms with Gasteiger partial charge in [-0.25, -0.2) is 4.39 Å². The number of nitrogen functional groups attached to an aromatic ring is 1. The summed E-state index contributed by atoms with van der Waals surface area (Å²) in [6.07, 6.45) is 0. The second kappa shape index (κ2) is 2.91. The van der Waals surface area contributed by atoms with E-state index in [0.717, 1.165) is 17.4 Å². The molecule has 0 spiro atoms. The third-order valence-electron chi connectivity index (χ3n) is 1.80. The average Bonchev–Trinajstić information content (AvgIpc) is 2.45. The molecule has 0 atom stereocenters. The number of nitro benzene ring substituents is 1. The molecule has 2 N–H and O–H groups in total. The molecule has 0 aliphatic rings. The topological polar surface area (TPSA) is 69.2 Å². The number of benzene rings is 1. The summed E-state index contributed by atoms with van der Waals surface area (Å²) in [5, 5.41) is 11.2. The summed E-state index contributed by atoms with van der Waals surface area (Å²) in [4.78, 5) is 9.79. The van der Waals surface area contributed by atoms with Crippen molar-refractivity contribution in [2.45, 2.75) is 0 Å². The third kappa shape index (κ3) is 1.29. The summed E-state index contributed by atoms with van der Waals surface area (Å²) in [6.45, 7) is 0. The van der Waals surface area contributed by atoms with Crippen LogP contribution in [-0.4, -0.2) is 4.92 Å². The van der Waals surface area contributed by atoms with E-state index in [1.165, 1.54) is 12.1 Å². The Bertz CT molecular complexity index is 523. The van der Waals surface area contributed by atoms with Crippen LogP contribution < -0.4 is 5.73 Å². The second-order valence-corrected chi connectivity index (χ2v) is 3.86. The van der Waals surface area contributed by atoms with E-state index >= 15 is 0 Å². The fraction of sp³-hybridized carbons (Fsp3) is 0. The van der Waals surface area contributed by atoms with Gasteiger partial charge in [-0.3, -0.25) is 10.1 Å². The molecule has 72 valence electrons. The van der Waals surface area contributed by atoms with Gasteiger partial charge in [0.1, 0.15) is 5.82 Å². The Morgan fingerprint density at radius 3 is 2.79 bits per heavy atom. The molecule has 0 saturated carbocycles. The lowest BCUT2D eigenvalue weighted by molar-refractivity contribution is -0.384. The molecule has 0 fully saturated rings. The van der Waals surface area contributed by atoms with Gasteiger partial charge in [0.05, 0.1) is 16.0 Å². The summed E-state index contributed by atoms with van der Waals surface area (Å²) in [5.74, 6) is -0.609. The highest BCUT2D eigenvalue weighted by atomic mass is 32.1. The average molecular weight is 212 g/mol. The van der Waals surface area contributed by atoms with Gasteiger partial charge >= 0.3 is 0 Å². The van der Waals surface area contributed by atoms with Crippen molar-refractivity contribution in [3.63, 3.8) is 0 Å². The molecule has 2 rings (SSSR count). The van der Waals surface area contributed by atoms with Crippen molar-refractivity contribution in [3.8, 4) is 0 Å². The van der Waals surface area contributed by atoms with Crippen molar-refractivity contribution < 1.29 is 9.31 Å². The Morgan fingerprint density at radius 2 is 2.14 bits per heavy atom. The van der Waals surface area contributed by atoms with Gasteiger partial charge in [-0.2, -0.15) is 0 Å². The van der Waals surface area contributed by atoms with Crippen LogP contribution in [0, 0.1) is 15.9 Å². The third-order valence-corrected chi connectivity index (χ3v) is 2.71. The number of halogens is 1. The van der Waals surface area contributed by atoms with Gasteiger partial charge in [-0.1, -0.05) is 0 Å². The molecular formula is C8H5FN2O2S. The van der Waals surface area contributed by atoms with Gasteiger partial charge < -0.3 is 5.73 Å². The Kier molecular flexibility index (Phi) is 1.85. The fourth-order valence-electron chi connectivity index (χ4n) is 1.21. The minimum atomic E-state index is -0.627. The molecule has 0 saturated heterocycles. The maximum atomic E-state index is 13.3. The molecule has 1 heterocycles. The van der Waals surface area contributed by atoms with E-state index in [0.29, 0.717) is 15.1 Å². The quantitative estimate of drug-likeness (QED) is 0.583. The zero-order chi connectivity index (χ0) is 10.3. The van der Waals surface area contributed by atoms with Crippen LogP contribution in [0.1, 0.15) is 0 Å². The molecule has 0 aliphatic heterocycles. The Balaban J connectivity index is 2.77. The SMILES string of the molecule is Nc1cc2c(F)cc([N+](=O)[O-])cc2s1. The number of nitrogens with two attached hydrogens (primary N) is 1. The van der Waals surface area contributed by atoms with Gasteiger partial charge in [-0.15, -0.1) is 11.3 Å². The van der Waals surface area contributed by atoms with Crippen molar-refractivity contribution in [1.29, 1.82) is 0 Å². The van der Waals surface area contributed by atoms with Crippen LogP contribution in [0.5, 0.6) is 0 Å². The first-order valence-electron chi connectivity index (χ1n) is 3.71. The molecule has 4 nitrogen and oxygen atoms in total. The van der Waals surface area contributed by atoms with Gasteiger partial charge in [0, 0.05) is 16.2 Å². The maximum absolute atomic E-state index is 13.3. The fourth-order valence-corrected chi connectivity index (χ4v) is 2.08. The van der Waals surface area contributed by atoms with E-state index in [4.69, 9.17) is 5.73 Å². The molecule has 6 heteroatoms. The van der Waals surface area contributed by atoms with Crippen LogP contribution in [0.4, 0.5) is 15.1 Å². The minimum absolute atomic E-state index is 0.253. The van der Waals surface area contributed by atoms with Gasteiger partial charge in [-0.05, 0) is 6.07 Å². The lowest BCUT2D eigenvalue weighted by atomic mass is 10.2. The van der Waals surface area contributed by atoms with Crippen molar-refractivity contribution in [3.05, 3.63) is 34.1 Å². The van der Waals surface area contributed by atoms with Crippen LogP contribution in [-0.2, 0) is 0 Å². The lowest BCUT2D eigenvalue weighted by Crippen LogP contribution is -1.88. The van der Waals surface area contributed by atoms with Crippen LogP contribution in [0.15, 0.2) is 18.2 Å². The van der Waals surface area contributed by atoms with E-state index in [9.17, 15) is 14.5 Å². The number of nitro groups is 1. The Labute approximate surface area is 81.9 Å². The molecule has 1 aromatic carbocycles. The zero-order valence-electron chi connectivity index (χ0n) is 6.86. The van der Waals surface area contributed by atoms with Gasteiger partial charge in [0.15, 0.2) is 0 Å². The van der Waals surface area contributed by atoms with E-state index in [2.05, 4.69) is 0 Å². The van der Waals surface area contributed by atoms with Crippen LogP contribution >= 0.6 is 11.3 Å². The molecule has 2 aromatic rings. The first kappa shape index (κ1) is 8.89. The van der Waals surface area contributed by atoms with Crippen molar-refractivity contribution in [2.24, 2.45) is 0 Å². The number of hydrogen-bond donors (Lipinski definition) is 1. The minimum Gasteiger partial charge on any atom is -0.391 e. The predicted octanol–water partition coefficient (Wildman–Crippen LogP) is 2.53. The smallest absolute Gasteiger partial charge is 0.273 e. The number of rotatable bonds is 1. The molecule has 0 bridgehead atoms. The highest BCUT2D eigenvalue weighted by Crippen LogP contribution is 2.32. The lowest BCUT2D eigenvalue weighted by Gasteiger charge is -1.93. The van der Waals surface area contributed by atoms with Crippen LogP contribution in [0.3, 0.4) is 0 Å². The number of fused-ring (bicyclic) bond motifs is 1. The number of non-ortho nitro benzene ring substituents is 1. The molecule has 14 heavy (non-hydrogen) atoms. The standard InChI is InChI=1S/C8H5FN2O2S/c9-6-1-4(11(12)13)2-7-5(6)3-8(10)14-7/h1-3H,10H2. The zero-order valence-corrected chi connectivity index (χ0v) is 7.68. The maximum Gasteiger partial charge on any atom is 0.273 e.